The van der Waals surface area contributed by atoms with Gasteiger partial charge in [-0.1, -0.05) is 6.07 Å². The number of hydrogen-bond acceptors (Lipinski definition) is 7. The van der Waals surface area contributed by atoms with Crippen molar-refractivity contribution < 1.29 is 28.8 Å². The Hall–Kier alpha value is -3.95. The van der Waals surface area contributed by atoms with Gasteiger partial charge in [0.25, 0.3) is 17.5 Å². The molecule has 10 heteroatoms. The summed E-state index contributed by atoms with van der Waals surface area (Å²) in [5.74, 6) is -1.44. The standard InChI is InChI=1S/C18H15N3O7/c1-27-13-7-6-10(8-14(13)28-2)19-15(22)9-20-17(23)11-4-3-5-12(21(25)26)16(11)18(20)24/h3-8H,9H2,1-2H3,(H,19,22). The van der Waals surface area contributed by atoms with Gasteiger partial charge < -0.3 is 14.8 Å². The minimum absolute atomic E-state index is 0.0990. The molecule has 1 heterocycles. The molecule has 10 nitrogen and oxygen atoms in total. The molecule has 0 saturated heterocycles. The zero-order valence-corrected chi connectivity index (χ0v) is 14.9. The first kappa shape index (κ1) is 18.8. The van der Waals surface area contributed by atoms with Gasteiger partial charge in [-0.15, -0.1) is 0 Å². The predicted molar refractivity (Wildman–Crippen MR) is 96.6 cm³/mol. The van der Waals surface area contributed by atoms with E-state index in [9.17, 15) is 24.5 Å². The zero-order chi connectivity index (χ0) is 20.4. The van der Waals surface area contributed by atoms with Crippen LogP contribution in [0.25, 0.3) is 0 Å². The largest absolute Gasteiger partial charge is 0.493 e. The molecule has 28 heavy (non-hydrogen) atoms. The number of nitro benzene ring substituents is 1. The predicted octanol–water partition coefficient (Wildman–Crippen LogP) is 1.85. The zero-order valence-electron chi connectivity index (χ0n) is 14.9. The van der Waals surface area contributed by atoms with Crippen LogP contribution in [0, 0.1) is 10.1 Å². The highest BCUT2D eigenvalue weighted by Crippen LogP contribution is 2.31. The summed E-state index contributed by atoms with van der Waals surface area (Å²) in [5, 5.41) is 13.7. The quantitative estimate of drug-likeness (QED) is 0.456. The molecular formula is C18H15N3O7. The highest BCUT2D eigenvalue weighted by molar-refractivity contribution is 6.24. The van der Waals surface area contributed by atoms with Crippen molar-refractivity contribution in [3.8, 4) is 11.5 Å². The van der Waals surface area contributed by atoms with Crippen LogP contribution < -0.4 is 14.8 Å². The van der Waals surface area contributed by atoms with Gasteiger partial charge in [0.15, 0.2) is 11.5 Å². The maximum atomic E-state index is 12.5. The molecule has 0 aromatic heterocycles. The first-order chi connectivity index (χ1) is 13.4. The van der Waals surface area contributed by atoms with E-state index in [0.29, 0.717) is 22.1 Å². The summed E-state index contributed by atoms with van der Waals surface area (Å²) in [6.45, 7) is -0.585. The van der Waals surface area contributed by atoms with Gasteiger partial charge in [-0.2, -0.15) is 0 Å². The number of ether oxygens (including phenoxy) is 2. The fourth-order valence-electron chi connectivity index (χ4n) is 2.87. The minimum atomic E-state index is -0.880. The fraction of sp³-hybridized carbons (Fsp3) is 0.167. The number of benzene rings is 2. The average molecular weight is 385 g/mol. The molecule has 0 unspecified atom stereocenters. The van der Waals surface area contributed by atoms with Gasteiger partial charge in [0.2, 0.25) is 5.91 Å². The van der Waals surface area contributed by atoms with Crippen molar-refractivity contribution >= 4 is 29.1 Å². The number of imide groups is 1. The number of anilines is 1. The van der Waals surface area contributed by atoms with Gasteiger partial charge in [0.1, 0.15) is 12.1 Å². The third kappa shape index (κ3) is 3.22. The van der Waals surface area contributed by atoms with Crippen molar-refractivity contribution in [1.29, 1.82) is 0 Å². The summed E-state index contributed by atoms with van der Waals surface area (Å²) < 4.78 is 10.3. The number of nitrogens with one attached hydrogen (secondary N) is 1. The Bertz CT molecular complexity index is 1000. The van der Waals surface area contributed by atoms with Crippen molar-refractivity contribution in [2.45, 2.75) is 0 Å². The van der Waals surface area contributed by atoms with E-state index in [1.165, 1.54) is 32.4 Å². The third-order valence-electron chi connectivity index (χ3n) is 4.14. The smallest absolute Gasteiger partial charge is 0.282 e. The van der Waals surface area contributed by atoms with E-state index >= 15 is 0 Å². The second-order valence-electron chi connectivity index (χ2n) is 5.77. The van der Waals surface area contributed by atoms with Gasteiger partial charge >= 0.3 is 0 Å². The summed E-state index contributed by atoms with van der Waals surface area (Å²) >= 11 is 0. The molecule has 1 N–H and O–H groups in total. The Morgan fingerprint density at radius 2 is 1.82 bits per heavy atom. The lowest BCUT2D eigenvalue weighted by atomic mass is 10.1. The van der Waals surface area contributed by atoms with Crippen LogP contribution in [0.1, 0.15) is 20.7 Å². The van der Waals surface area contributed by atoms with Crippen molar-refractivity contribution in [1.82, 2.24) is 4.90 Å². The maximum absolute atomic E-state index is 12.5. The highest BCUT2D eigenvalue weighted by Gasteiger charge is 2.41. The molecule has 3 rings (SSSR count). The molecule has 0 atom stereocenters. The van der Waals surface area contributed by atoms with Crippen LogP contribution in [0.5, 0.6) is 11.5 Å². The van der Waals surface area contributed by atoms with E-state index in [1.54, 1.807) is 12.1 Å². The van der Waals surface area contributed by atoms with Crippen molar-refractivity contribution in [3.05, 3.63) is 57.6 Å². The van der Waals surface area contributed by atoms with Crippen LogP contribution in [-0.2, 0) is 4.79 Å². The molecule has 0 bridgehead atoms. The number of nitrogens with zero attached hydrogens (tertiary/aromatic N) is 2. The lowest BCUT2D eigenvalue weighted by Crippen LogP contribution is -2.37. The summed E-state index contributed by atoms with van der Waals surface area (Å²) in [6, 6.07) is 8.43. The summed E-state index contributed by atoms with van der Waals surface area (Å²) in [5.41, 5.74) is -0.515. The summed E-state index contributed by atoms with van der Waals surface area (Å²) in [7, 11) is 2.91. The van der Waals surface area contributed by atoms with Gasteiger partial charge in [-0.05, 0) is 18.2 Å². The molecule has 0 radical (unpaired) electrons. The lowest BCUT2D eigenvalue weighted by molar-refractivity contribution is -0.385. The van der Waals surface area contributed by atoms with Crippen LogP contribution in [-0.4, -0.2) is 48.3 Å². The van der Waals surface area contributed by atoms with Crippen LogP contribution in [0.4, 0.5) is 11.4 Å². The average Bonchev–Trinajstić information content (AvgIpc) is 2.92. The Labute approximate surface area is 158 Å². The molecule has 0 saturated carbocycles. The van der Waals surface area contributed by atoms with Crippen molar-refractivity contribution in [3.63, 3.8) is 0 Å². The minimum Gasteiger partial charge on any atom is -0.493 e. The molecule has 1 aliphatic heterocycles. The number of nitro groups is 1. The second kappa shape index (κ2) is 7.35. The van der Waals surface area contributed by atoms with E-state index in [2.05, 4.69) is 5.32 Å². The van der Waals surface area contributed by atoms with E-state index in [4.69, 9.17) is 9.47 Å². The Morgan fingerprint density at radius 1 is 1.11 bits per heavy atom. The molecule has 2 aromatic carbocycles. The number of carbonyl (C=O) groups is 3. The van der Waals surface area contributed by atoms with Gasteiger partial charge in [-0.3, -0.25) is 29.4 Å². The molecule has 0 aliphatic carbocycles. The topological polar surface area (TPSA) is 128 Å². The number of amides is 3. The highest BCUT2D eigenvalue weighted by atomic mass is 16.6. The monoisotopic (exact) mass is 385 g/mol. The normalized spacial score (nSPS) is 12.6. The van der Waals surface area contributed by atoms with E-state index in [1.807, 2.05) is 0 Å². The van der Waals surface area contributed by atoms with E-state index in [0.717, 1.165) is 6.07 Å². The van der Waals surface area contributed by atoms with Gasteiger partial charge in [0.05, 0.1) is 24.7 Å². The molecule has 1 aliphatic rings. The molecule has 0 fully saturated rings. The van der Waals surface area contributed by atoms with Crippen molar-refractivity contribution in [2.75, 3.05) is 26.1 Å². The van der Waals surface area contributed by atoms with Crippen LogP contribution in [0.2, 0.25) is 0 Å². The van der Waals surface area contributed by atoms with E-state index in [-0.39, 0.29) is 11.1 Å². The Morgan fingerprint density at radius 3 is 2.46 bits per heavy atom. The van der Waals surface area contributed by atoms with Crippen LogP contribution in [0.3, 0.4) is 0 Å². The van der Waals surface area contributed by atoms with Gasteiger partial charge in [0, 0.05) is 17.8 Å². The van der Waals surface area contributed by atoms with Crippen molar-refractivity contribution in [2.24, 2.45) is 0 Å². The summed E-state index contributed by atoms with van der Waals surface area (Å²) in [4.78, 5) is 48.3. The first-order valence-corrected chi connectivity index (χ1v) is 8.02. The van der Waals surface area contributed by atoms with E-state index < -0.39 is 34.9 Å². The fourth-order valence-corrected chi connectivity index (χ4v) is 2.87. The molecule has 2 aromatic rings. The van der Waals surface area contributed by atoms with Crippen LogP contribution >= 0.6 is 0 Å². The number of fused-ring (bicyclic) bond motifs is 1. The first-order valence-electron chi connectivity index (χ1n) is 8.02. The number of carbonyl (C=O) groups excluding carboxylic acids is 3. The number of hydrogen-bond donors (Lipinski definition) is 1. The number of methoxy groups -OCH3 is 2. The third-order valence-corrected chi connectivity index (χ3v) is 4.14. The maximum Gasteiger partial charge on any atom is 0.282 e. The molecule has 3 amide bonds. The Balaban J connectivity index is 1.78. The summed E-state index contributed by atoms with van der Waals surface area (Å²) in [6.07, 6.45) is 0. The molecule has 0 spiro atoms. The molecular weight excluding hydrogens is 370 g/mol. The lowest BCUT2D eigenvalue weighted by Gasteiger charge is -2.14. The second-order valence-corrected chi connectivity index (χ2v) is 5.77. The molecule has 144 valence electrons. The SMILES string of the molecule is COc1ccc(NC(=O)CN2C(=O)c3cccc([N+](=O)[O-])c3C2=O)cc1OC. The van der Waals surface area contributed by atoms with Crippen LogP contribution in [0.15, 0.2) is 36.4 Å². The van der Waals surface area contributed by atoms with Gasteiger partial charge in [-0.25, -0.2) is 0 Å². The Kier molecular flexibility index (Phi) is 4.94. The number of rotatable bonds is 6.